The molecular formula is C18H20N2O4. The van der Waals surface area contributed by atoms with Gasteiger partial charge in [-0.3, -0.25) is 10.1 Å². The highest BCUT2D eigenvalue weighted by atomic mass is 16.6. The van der Waals surface area contributed by atoms with Crippen LogP contribution in [0.4, 0.5) is 5.69 Å². The second kappa shape index (κ2) is 7.31. The molecule has 0 saturated heterocycles. The molecule has 1 aliphatic carbocycles. The van der Waals surface area contributed by atoms with Gasteiger partial charge >= 0.3 is 0 Å². The summed E-state index contributed by atoms with van der Waals surface area (Å²) in [4.78, 5) is 11.0. The highest BCUT2D eigenvalue weighted by Gasteiger charge is 2.24. The van der Waals surface area contributed by atoms with Gasteiger partial charge < -0.3 is 14.8 Å². The van der Waals surface area contributed by atoms with Crippen molar-refractivity contribution in [1.82, 2.24) is 5.32 Å². The Morgan fingerprint density at radius 3 is 2.58 bits per heavy atom. The first-order chi connectivity index (χ1) is 11.7. The van der Waals surface area contributed by atoms with Crippen molar-refractivity contribution in [2.24, 2.45) is 0 Å². The number of rotatable bonds is 8. The minimum atomic E-state index is -0.376. The zero-order valence-corrected chi connectivity index (χ0v) is 13.5. The average Bonchev–Trinajstić information content (AvgIpc) is 3.43. The number of nitro benzene ring substituents is 1. The third kappa shape index (κ3) is 4.02. The van der Waals surface area contributed by atoms with E-state index in [-0.39, 0.29) is 10.6 Å². The maximum atomic E-state index is 11.4. The molecule has 1 aliphatic rings. The van der Waals surface area contributed by atoms with E-state index in [0.29, 0.717) is 36.3 Å². The maximum Gasteiger partial charge on any atom is 0.277 e. The molecule has 126 valence electrons. The van der Waals surface area contributed by atoms with Crippen molar-refractivity contribution in [1.29, 1.82) is 0 Å². The number of benzene rings is 2. The Kier molecular flexibility index (Phi) is 4.96. The number of hydrogen-bond donors (Lipinski definition) is 1. The molecule has 0 aliphatic heterocycles. The summed E-state index contributed by atoms with van der Waals surface area (Å²) in [6, 6.07) is 13.3. The third-order valence-electron chi connectivity index (χ3n) is 3.96. The number of nitro groups is 1. The number of ether oxygens (including phenoxy) is 2. The van der Waals surface area contributed by atoms with Gasteiger partial charge in [-0.25, -0.2) is 0 Å². The van der Waals surface area contributed by atoms with Crippen molar-refractivity contribution in [3.05, 3.63) is 63.7 Å². The molecule has 1 saturated carbocycles. The van der Waals surface area contributed by atoms with E-state index in [9.17, 15) is 10.1 Å². The van der Waals surface area contributed by atoms with Crippen LogP contribution in [0, 0.1) is 10.1 Å². The maximum absolute atomic E-state index is 11.4. The zero-order valence-electron chi connectivity index (χ0n) is 13.5. The Balaban J connectivity index is 1.81. The first kappa shape index (κ1) is 16.3. The van der Waals surface area contributed by atoms with Gasteiger partial charge in [0.25, 0.3) is 5.69 Å². The van der Waals surface area contributed by atoms with Gasteiger partial charge in [-0.05, 0) is 24.5 Å². The summed E-state index contributed by atoms with van der Waals surface area (Å²) in [5, 5.41) is 14.7. The van der Waals surface area contributed by atoms with Gasteiger partial charge in [0, 0.05) is 18.2 Å². The Morgan fingerprint density at radius 1 is 1.21 bits per heavy atom. The Hall–Kier alpha value is -2.60. The molecule has 24 heavy (non-hydrogen) atoms. The molecule has 0 spiro atoms. The van der Waals surface area contributed by atoms with E-state index in [1.54, 1.807) is 6.07 Å². The normalized spacial score (nSPS) is 13.5. The zero-order chi connectivity index (χ0) is 16.9. The fraction of sp³-hybridized carbons (Fsp3) is 0.333. The predicted molar refractivity (Wildman–Crippen MR) is 90.3 cm³/mol. The van der Waals surface area contributed by atoms with E-state index in [1.807, 2.05) is 30.3 Å². The van der Waals surface area contributed by atoms with Gasteiger partial charge in [-0.2, -0.15) is 0 Å². The quantitative estimate of drug-likeness (QED) is 0.593. The van der Waals surface area contributed by atoms with Crippen LogP contribution in [0.5, 0.6) is 11.5 Å². The largest absolute Gasteiger partial charge is 0.493 e. The van der Waals surface area contributed by atoms with Crippen LogP contribution in [0.25, 0.3) is 0 Å². The van der Waals surface area contributed by atoms with Crippen LogP contribution in [0.2, 0.25) is 0 Å². The summed E-state index contributed by atoms with van der Waals surface area (Å²) in [5.74, 6) is 0.882. The van der Waals surface area contributed by atoms with Crippen molar-refractivity contribution >= 4 is 5.69 Å². The van der Waals surface area contributed by atoms with Crippen molar-refractivity contribution in [2.75, 3.05) is 7.11 Å². The summed E-state index contributed by atoms with van der Waals surface area (Å²) in [7, 11) is 1.54. The summed E-state index contributed by atoms with van der Waals surface area (Å²) in [6.07, 6.45) is 2.26. The van der Waals surface area contributed by atoms with Gasteiger partial charge in [0.05, 0.1) is 18.1 Å². The lowest BCUT2D eigenvalue weighted by Gasteiger charge is -2.13. The summed E-state index contributed by atoms with van der Waals surface area (Å²) in [6.45, 7) is 0.782. The van der Waals surface area contributed by atoms with Crippen LogP contribution >= 0.6 is 0 Å². The molecule has 6 heteroatoms. The molecule has 0 unspecified atom stereocenters. The fourth-order valence-electron chi connectivity index (χ4n) is 2.45. The van der Waals surface area contributed by atoms with Crippen molar-refractivity contribution in [3.63, 3.8) is 0 Å². The predicted octanol–water partition coefficient (Wildman–Crippen LogP) is 3.43. The van der Waals surface area contributed by atoms with Crippen LogP contribution in [0.3, 0.4) is 0 Å². The lowest BCUT2D eigenvalue weighted by atomic mass is 10.1. The van der Waals surface area contributed by atoms with E-state index >= 15 is 0 Å². The Bertz CT molecular complexity index is 714. The van der Waals surface area contributed by atoms with Gasteiger partial charge in [0.1, 0.15) is 6.61 Å². The molecule has 1 fully saturated rings. The molecule has 2 aromatic rings. The standard InChI is InChI=1S/C18H20N2O4/c1-23-17-9-14(11-19-15-7-8-15)16(20(21)22)10-18(17)24-12-13-5-3-2-4-6-13/h2-6,9-10,15,19H,7-8,11-12H2,1H3. The molecule has 0 amide bonds. The molecule has 6 nitrogen and oxygen atoms in total. The minimum absolute atomic E-state index is 0.0482. The minimum Gasteiger partial charge on any atom is -0.493 e. The van der Waals surface area contributed by atoms with E-state index in [0.717, 1.165) is 18.4 Å². The number of nitrogens with one attached hydrogen (secondary N) is 1. The van der Waals surface area contributed by atoms with Crippen LogP contribution in [-0.2, 0) is 13.2 Å². The molecular weight excluding hydrogens is 308 g/mol. The second-order valence-electron chi connectivity index (χ2n) is 5.82. The SMILES string of the molecule is COc1cc(CNC2CC2)c([N+](=O)[O-])cc1OCc1ccccc1. The van der Waals surface area contributed by atoms with Crippen LogP contribution in [-0.4, -0.2) is 18.1 Å². The molecule has 2 aromatic carbocycles. The van der Waals surface area contributed by atoms with Gasteiger partial charge in [-0.15, -0.1) is 0 Å². The number of methoxy groups -OCH3 is 1. The van der Waals surface area contributed by atoms with Gasteiger partial charge in [-0.1, -0.05) is 30.3 Å². The number of hydrogen-bond acceptors (Lipinski definition) is 5. The third-order valence-corrected chi connectivity index (χ3v) is 3.96. The van der Waals surface area contributed by atoms with Gasteiger partial charge in [0.15, 0.2) is 11.5 Å². The van der Waals surface area contributed by atoms with E-state index in [1.165, 1.54) is 13.2 Å². The molecule has 0 atom stereocenters. The molecule has 3 rings (SSSR count). The van der Waals surface area contributed by atoms with Crippen molar-refractivity contribution in [3.8, 4) is 11.5 Å². The molecule has 0 bridgehead atoms. The summed E-state index contributed by atoms with van der Waals surface area (Å²) in [5.41, 5.74) is 1.64. The second-order valence-corrected chi connectivity index (χ2v) is 5.82. The monoisotopic (exact) mass is 328 g/mol. The highest BCUT2D eigenvalue weighted by Crippen LogP contribution is 2.35. The molecule has 0 radical (unpaired) electrons. The first-order valence-corrected chi connectivity index (χ1v) is 7.93. The smallest absolute Gasteiger partial charge is 0.277 e. The van der Waals surface area contributed by atoms with Gasteiger partial charge in [0.2, 0.25) is 0 Å². The summed E-state index contributed by atoms with van der Waals surface area (Å²) < 4.78 is 11.1. The fourth-order valence-corrected chi connectivity index (χ4v) is 2.45. The van der Waals surface area contributed by atoms with Crippen LogP contribution in [0.15, 0.2) is 42.5 Å². The lowest BCUT2D eigenvalue weighted by molar-refractivity contribution is -0.385. The lowest BCUT2D eigenvalue weighted by Crippen LogP contribution is -2.16. The average molecular weight is 328 g/mol. The molecule has 0 heterocycles. The van der Waals surface area contributed by atoms with Crippen LogP contribution in [0.1, 0.15) is 24.0 Å². The van der Waals surface area contributed by atoms with E-state index in [2.05, 4.69) is 5.32 Å². The Labute approximate surface area is 140 Å². The highest BCUT2D eigenvalue weighted by molar-refractivity contribution is 5.54. The topological polar surface area (TPSA) is 73.6 Å². The molecule has 0 aromatic heterocycles. The van der Waals surface area contributed by atoms with Crippen molar-refractivity contribution in [2.45, 2.75) is 32.0 Å². The Morgan fingerprint density at radius 2 is 1.96 bits per heavy atom. The number of nitrogens with zero attached hydrogens (tertiary/aromatic N) is 1. The summed E-state index contributed by atoms with van der Waals surface area (Å²) >= 11 is 0. The first-order valence-electron chi connectivity index (χ1n) is 7.93. The molecule has 1 N–H and O–H groups in total. The van der Waals surface area contributed by atoms with E-state index < -0.39 is 0 Å². The van der Waals surface area contributed by atoms with Crippen molar-refractivity contribution < 1.29 is 14.4 Å². The van der Waals surface area contributed by atoms with Crippen LogP contribution < -0.4 is 14.8 Å². The van der Waals surface area contributed by atoms with E-state index in [4.69, 9.17) is 9.47 Å².